The van der Waals surface area contributed by atoms with Crippen molar-refractivity contribution in [2.24, 2.45) is 0 Å². The van der Waals surface area contributed by atoms with Gasteiger partial charge < -0.3 is 15.7 Å². The number of rotatable bonds is 6. The quantitative estimate of drug-likeness (QED) is 0.689. The number of carboxylic acid groups (broad SMARTS) is 1. The van der Waals surface area contributed by atoms with Crippen LogP contribution < -0.4 is 10.6 Å². The summed E-state index contributed by atoms with van der Waals surface area (Å²) in [7, 11) is -3.51. The zero-order valence-corrected chi connectivity index (χ0v) is 14.0. The van der Waals surface area contributed by atoms with Gasteiger partial charge in [-0.3, -0.25) is 4.79 Å². The minimum Gasteiger partial charge on any atom is -0.481 e. The topological polar surface area (TPSA) is 116 Å². The van der Waals surface area contributed by atoms with Gasteiger partial charge in [0.25, 0.3) is 10.0 Å². The molecule has 0 bridgehead atoms. The summed E-state index contributed by atoms with van der Waals surface area (Å²) in [6.07, 6.45) is 1.18. The fraction of sp³-hybridized carbons (Fsp3) is 0.538. The molecule has 1 aromatic heterocycles. The molecule has 128 valence electrons. The molecule has 1 fully saturated rings. The van der Waals surface area contributed by atoms with Gasteiger partial charge in [0, 0.05) is 25.7 Å². The molecule has 0 radical (unpaired) electrons. The molecule has 1 aromatic rings. The van der Waals surface area contributed by atoms with Crippen molar-refractivity contribution in [3.05, 3.63) is 17.5 Å². The highest BCUT2D eigenvalue weighted by atomic mass is 32.2. The Kier molecular flexibility index (Phi) is 5.97. The second-order valence-corrected chi connectivity index (χ2v) is 8.29. The molecule has 1 aliphatic rings. The van der Waals surface area contributed by atoms with Gasteiger partial charge in [0.2, 0.25) is 0 Å². The first-order chi connectivity index (χ1) is 10.9. The van der Waals surface area contributed by atoms with Crippen LogP contribution >= 0.6 is 11.3 Å². The molecule has 10 heteroatoms. The summed E-state index contributed by atoms with van der Waals surface area (Å²) in [6.45, 7) is 0.677. The predicted molar refractivity (Wildman–Crippen MR) is 84.9 cm³/mol. The number of nitrogens with zero attached hydrogens (tertiary/aromatic N) is 1. The minimum absolute atomic E-state index is 0.0328. The largest absolute Gasteiger partial charge is 0.481 e. The average molecular weight is 361 g/mol. The van der Waals surface area contributed by atoms with Crippen LogP contribution in [0.15, 0.2) is 21.7 Å². The van der Waals surface area contributed by atoms with Crippen molar-refractivity contribution in [2.75, 3.05) is 19.6 Å². The van der Waals surface area contributed by atoms with E-state index in [4.69, 9.17) is 5.11 Å². The third-order valence-corrected chi connectivity index (χ3v) is 6.67. The number of hydrogen-bond donors (Lipinski definition) is 3. The maximum absolute atomic E-state index is 12.5. The molecule has 0 spiro atoms. The smallest absolute Gasteiger partial charge is 0.315 e. The molecule has 23 heavy (non-hydrogen) atoms. The lowest BCUT2D eigenvalue weighted by Gasteiger charge is -2.31. The van der Waals surface area contributed by atoms with Crippen molar-refractivity contribution >= 4 is 33.4 Å². The van der Waals surface area contributed by atoms with E-state index in [-0.39, 0.29) is 25.6 Å². The summed E-state index contributed by atoms with van der Waals surface area (Å²) >= 11 is 1.17. The highest BCUT2D eigenvalue weighted by molar-refractivity contribution is 7.91. The number of aliphatic carboxylic acids is 1. The van der Waals surface area contributed by atoms with E-state index in [0.717, 1.165) is 0 Å². The lowest BCUT2D eigenvalue weighted by atomic mass is 10.1. The minimum atomic E-state index is -3.51. The van der Waals surface area contributed by atoms with Crippen LogP contribution in [0.25, 0.3) is 0 Å². The second kappa shape index (κ2) is 7.75. The Morgan fingerprint density at radius 1 is 1.43 bits per heavy atom. The molecule has 0 unspecified atom stereocenters. The van der Waals surface area contributed by atoms with E-state index < -0.39 is 22.0 Å². The van der Waals surface area contributed by atoms with Crippen molar-refractivity contribution in [1.82, 2.24) is 14.9 Å². The molecule has 2 rings (SSSR count). The lowest BCUT2D eigenvalue weighted by molar-refractivity contribution is -0.136. The van der Waals surface area contributed by atoms with Crippen molar-refractivity contribution < 1.29 is 23.1 Å². The number of sulfonamides is 1. The van der Waals surface area contributed by atoms with Gasteiger partial charge in [-0.2, -0.15) is 4.31 Å². The van der Waals surface area contributed by atoms with Crippen LogP contribution in [-0.2, 0) is 14.8 Å². The van der Waals surface area contributed by atoms with Gasteiger partial charge in [0.05, 0.1) is 6.42 Å². The second-order valence-electron chi connectivity index (χ2n) is 5.18. The molecular weight excluding hydrogens is 342 g/mol. The Morgan fingerprint density at radius 3 is 2.87 bits per heavy atom. The third-order valence-electron chi connectivity index (χ3n) is 3.43. The number of thiophene rings is 1. The molecular formula is C13H19N3O5S2. The van der Waals surface area contributed by atoms with Gasteiger partial charge in [-0.1, -0.05) is 6.07 Å². The van der Waals surface area contributed by atoms with Crippen LogP contribution in [0.2, 0.25) is 0 Å². The SMILES string of the molecule is O=C(O)CCNC(=O)N[C@@H]1CCCN(S(=O)(=O)c2cccs2)C1. The number of hydrogen-bond acceptors (Lipinski definition) is 5. The highest BCUT2D eigenvalue weighted by Gasteiger charge is 2.31. The van der Waals surface area contributed by atoms with Gasteiger partial charge >= 0.3 is 12.0 Å². The van der Waals surface area contributed by atoms with Crippen LogP contribution in [0, 0.1) is 0 Å². The van der Waals surface area contributed by atoms with Gasteiger partial charge in [-0.15, -0.1) is 11.3 Å². The summed E-state index contributed by atoms with van der Waals surface area (Å²) < 4.78 is 26.6. The number of amides is 2. The van der Waals surface area contributed by atoms with Crippen LogP contribution in [0.4, 0.5) is 4.79 Å². The summed E-state index contributed by atoms with van der Waals surface area (Å²) in [4.78, 5) is 22.1. The average Bonchev–Trinajstić information content (AvgIpc) is 3.02. The molecule has 3 N–H and O–H groups in total. The summed E-state index contributed by atoms with van der Waals surface area (Å²) in [5.74, 6) is -0.990. The fourth-order valence-corrected chi connectivity index (χ4v) is 5.00. The first-order valence-corrected chi connectivity index (χ1v) is 9.51. The Balaban J connectivity index is 1.88. The van der Waals surface area contributed by atoms with Crippen molar-refractivity contribution in [1.29, 1.82) is 0 Å². The van der Waals surface area contributed by atoms with Gasteiger partial charge in [-0.05, 0) is 24.3 Å². The van der Waals surface area contributed by atoms with Crippen molar-refractivity contribution in [2.45, 2.75) is 29.5 Å². The lowest BCUT2D eigenvalue weighted by Crippen LogP contribution is -2.51. The van der Waals surface area contributed by atoms with E-state index in [0.29, 0.717) is 23.6 Å². The maximum Gasteiger partial charge on any atom is 0.315 e. The molecule has 1 aliphatic heterocycles. The molecule has 0 aromatic carbocycles. The van der Waals surface area contributed by atoms with E-state index >= 15 is 0 Å². The molecule has 2 amide bonds. The normalized spacial score (nSPS) is 19.2. The predicted octanol–water partition coefficient (Wildman–Crippen LogP) is 0.675. The monoisotopic (exact) mass is 361 g/mol. The number of nitrogens with one attached hydrogen (secondary N) is 2. The highest BCUT2D eigenvalue weighted by Crippen LogP contribution is 2.24. The Morgan fingerprint density at radius 2 is 2.22 bits per heavy atom. The number of piperidine rings is 1. The van der Waals surface area contributed by atoms with E-state index in [1.807, 2.05) is 0 Å². The molecule has 8 nitrogen and oxygen atoms in total. The van der Waals surface area contributed by atoms with Gasteiger partial charge in [0.1, 0.15) is 4.21 Å². The number of urea groups is 1. The zero-order valence-electron chi connectivity index (χ0n) is 12.4. The van der Waals surface area contributed by atoms with E-state index in [1.165, 1.54) is 15.6 Å². The van der Waals surface area contributed by atoms with E-state index in [9.17, 15) is 18.0 Å². The van der Waals surface area contributed by atoms with Crippen LogP contribution in [-0.4, -0.2) is 55.5 Å². The number of carbonyl (C=O) groups excluding carboxylic acids is 1. The van der Waals surface area contributed by atoms with E-state index in [1.54, 1.807) is 17.5 Å². The molecule has 0 saturated carbocycles. The van der Waals surface area contributed by atoms with Gasteiger partial charge in [-0.25, -0.2) is 13.2 Å². The first-order valence-electron chi connectivity index (χ1n) is 7.19. The van der Waals surface area contributed by atoms with Crippen molar-refractivity contribution in [3.63, 3.8) is 0 Å². The molecule has 1 atom stereocenters. The first kappa shape index (κ1) is 17.7. The van der Waals surface area contributed by atoms with Gasteiger partial charge in [0.15, 0.2) is 0 Å². The number of carboxylic acids is 1. The third kappa shape index (κ3) is 4.91. The van der Waals surface area contributed by atoms with E-state index in [2.05, 4.69) is 10.6 Å². The molecule has 2 heterocycles. The standard InChI is InChI=1S/C13H19N3O5S2/c17-11(18)5-6-14-13(19)15-10-3-1-7-16(9-10)23(20,21)12-4-2-8-22-12/h2,4,8,10H,1,3,5-7,9H2,(H,17,18)(H2,14,15,19)/t10-/m1/s1. The van der Waals surface area contributed by atoms with Crippen LogP contribution in [0.5, 0.6) is 0 Å². The van der Waals surface area contributed by atoms with Crippen molar-refractivity contribution in [3.8, 4) is 0 Å². The molecule has 0 aliphatic carbocycles. The fourth-order valence-electron chi connectivity index (χ4n) is 2.34. The van der Waals surface area contributed by atoms with Crippen LogP contribution in [0.3, 0.4) is 0 Å². The zero-order chi connectivity index (χ0) is 16.9. The Labute approximate surface area is 138 Å². The summed E-state index contributed by atoms with van der Waals surface area (Å²) in [6, 6.07) is 2.48. The number of carbonyl (C=O) groups is 2. The Hall–Kier alpha value is -1.65. The maximum atomic E-state index is 12.5. The summed E-state index contributed by atoms with van der Waals surface area (Å²) in [5, 5.41) is 15.4. The van der Waals surface area contributed by atoms with Crippen LogP contribution in [0.1, 0.15) is 19.3 Å². The molecule has 1 saturated heterocycles. The summed E-state index contributed by atoms with van der Waals surface area (Å²) in [5.41, 5.74) is 0. The Bertz CT molecular complexity index is 645.